The van der Waals surface area contributed by atoms with Crippen LogP contribution in [0.3, 0.4) is 0 Å². The molecule has 20 heavy (non-hydrogen) atoms. The molecule has 1 N–H and O–H groups in total. The lowest BCUT2D eigenvalue weighted by Crippen LogP contribution is -2.43. The molecule has 0 amide bonds. The van der Waals surface area contributed by atoms with Gasteiger partial charge in [0.2, 0.25) is 0 Å². The molecule has 1 rings (SSSR count). The fourth-order valence-corrected chi connectivity index (χ4v) is 2.94. The number of benzene rings is 1. The average Bonchev–Trinajstić information content (AvgIpc) is 2.30. The predicted molar refractivity (Wildman–Crippen MR) is 88.6 cm³/mol. The van der Waals surface area contributed by atoms with Gasteiger partial charge in [-0.05, 0) is 56.7 Å². The summed E-state index contributed by atoms with van der Waals surface area (Å²) in [5, 5.41) is 3.61. The number of nitrogens with one attached hydrogen (secondary N) is 1. The smallest absolute Gasteiger partial charge is 0.124 e. The van der Waals surface area contributed by atoms with Crippen molar-refractivity contribution in [1.29, 1.82) is 0 Å². The van der Waals surface area contributed by atoms with Crippen molar-refractivity contribution in [3.63, 3.8) is 0 Å². The largest absolute Gasteiger partial charge is 0.312 e. The molecule has 0 aromatic heterocycles. The highest BCUT2D eigenvalue weighted by atomic mass is 79.9. The van der Waals surface area contributed by atoms with Crippen molar-refractivity contribution >= 4 is 15.9 Å². The van der Waals surface area contributed by atoms with Crippen molar-refractivity contribution in [2.75, 3.05) is 6.54 Å². The molecule has 0 saturated heterocycles. The molecule has 0 saturated carbocycles. The molecule has 1 atom stereocenters. The second kappa shape index (κ2) is 7.04. The molecule has 0 radical (unpaired) electrons. The molecule has 0 aliphatic rings. The van der Waals surface area contributed by atoms with Gasteiger partial charge in [0.05, 0.1) is 0 Å². The van der Waals surface area contributed by atoms with Crippen molar-refractivity contribution in [2.45, 2.75) is 59.4 Å². The van der Waals surface area contributed by atoms with Gasteiger partial charge in [0.1, 0.15) is 5.82 Å². The highest BCUT2D eigenvalue weighted by Crippen LogP contribution is 2.31. The van der Waals surface area contributed by atoms with Crippen LogP contribution in [-0.4, -0.2) is 12.1 Å². The van der Waals surface area contributed by atoms with Crippen molar-refractivity contribution in [3.8, 4) is 0 Å². The Bertz CT molecular complexity index is 439. The second-order valence-electron chi connectivity index (χ2n) is 7.08. The summed E-state index contributed by atoms with van der Waals surface area (Å²) in [6.07, 6.45) is 3.26. The van der Waals surface area contributed by atoms with E-state index in [1.165, 1.54) is 5.56 Å². The third-order valence-electron chi connectivity index (χ3n) is 3.53. The maximum atomic E-state index is 13.2. The molecular weight excluding hydrogens is 317 g/mol. The fraction of sp³-hybridized carbons (Fsp3) is 0.647. The Morgan fingerprint density at radius 2 is 1.85 bits per heavy atom. The van der Waals surface area contributed by atoms with Crippen LogP contribution in [-0.2, 0) is 6.42 Å². The van der Waals surface area contributed by atoms with E-state index < -0.39 is 0 Å². The van der Waals surface area contributed by atoms with E-state index in [0.29, 0.717) is 0 Å². The fourth-order valence-electron chi connectivity index (χ4n) is 2.45. The molecule has 0 aliphatic carbocycles. The molecular formula is C17H27BrFN. The van der Waals surface area contributed by atoms with E-state index in [2.05, 4.69) is 55.9 Å². The van der Waals surface area contributed by atoms with Crippen molar-refractivity contribution in [2.24, 2.45) is 5.41 Å². The summed E-state index contributed by atoms with van der Waals surface area (Å²) in [5.74, 6) is -0.189. The SMILES string of the molecule is CCCC(C)(CNC(C)(C)C)Cc1ccc(F)cc1Br. The van der Waals surface area contributed by atoms with E-state index in [-0.39, 0.29) is 16.8 Å². The van der Waals surface area contributed by atoms with Gasteiger partial charge in [0.25, 0.3) is 0 Å². The van der Waals surface area contributed by atoms with Gasteiger partial charge in [-0.2, -0.15) is 0 Å². The summed E-state index contributed by atoms with van der Waals surface area (Å²) in [6.45, 7) is 12.1. The van der Waals surface area contributed by atoms with Gasteiger partial charge >= 0.3 is 0 Å². The first-order valence-electron chi connectivity index (χ1n) is 7.34. The summed E-state index contributed by atoms with van der Waals surface area (Å²) >= 11 is 3.48. The summed E-state index contributed by atoms with van der Waals surface area (Å²) in [6, 6.07) is 4.99. The van der Waals surface area contributed by atoms with Crippen LogP contribution in [0, 0.1) is 11.2 Å². The zero-order valence-electron chi connectivity index (χ0n) is 13.3. The monoisotopic (exact) mass is 343 g/mol. The molecule has 1 unspecified atom stereocenters. The normalized spacial score (nSPS) is 15.2. The van der Waals surface area contributed by atoms with E-state index in [4.69, 9.17) is 0 Å². The summed E-state index contributed by atoms with van der Waals surface area (Å²) < 4.78 is 14.1. The highest BCUT2D eigenvalue weighted by Gasteiger charge is 2.26. The molecule has 0 heterocycles. The van der Waals surface area contributed by atoms with Gasteiger partial charge in [-0.25, -0.2) is 4.39 Å². The molecule has 0 fully saturated rings. The minimum absolute atomic E-state index is 0.120. The Labute approximate surface area is 131 Å². The van der Waals surface area contributed by atoms with Crippen molar-refractivity contribution in [1.82, 2.24) is 5.32 Å². The lowest BCUT2D eigenvalue weighted by molar-refractivity contribution is 0.243. The maximum Gasteiger partial charge on any atom is 0.124 e. The lowest BCUT2D eigenvalue weighted by atomic mass is 9.79. The van der Waals surface area contributed by atoms with Gasteiger partial charge in [0, 0.05) is 16.6 Å². The summed E-state index contributed by atoms with van der Waals surface area (Å²) in [7, 11) is 0. The molecule has 0 aliphatic heterocycles. The van der Waals surface area contributed by atoms with Gasteiger partial charge in [0.15, 0.2) is 0 Å². The molecule has 1 aromatic carbocycles. The number of halogens is 2. The third kappa shape index (κ3) is 5.92. The van der Waals surface area contributed by atoms with E-state index in [1.54, 1.807) is 12.1 Å². The van der Waals surface area contributed by atoms with Crippen LogP contribution in [0.2, 0.25) is 0 Å². The summed E-state index contributed by atoms with van der Waals surface area (Å²) in [5.41, 5.74) is 1.48. The van der Waals surface area contributed by atoms with Crippen LogP contribution in [0.25, 0.3) is 0 Å². The van der Waals surface area contributed by atoms with E-state index in [0.717, 1.165) is 30.3 Å². The maximum absolute atomic E-state index is 13.2. The number of rotatable bonds is 6. The molecule has 1 nitrogen and oxygen atoms in total. The standard InChI is InChI=1S/C17H27BrFN/c1-6-9-17(5,12-20-16(2,3)4)11-13-7-8-14(19)10-15(13)18/h7-8,10,20H,6,9,11-12H2,1-5H3. The summed E-state index contributed by atoms with van der Waals surface area (Å²) in [4.78, 5) is 0. The predicted octanol–water partition coefficient (Wildman–Crippen LogP) is 5.33. The molecule has 114 valence electrons. The minimum atomic E-state index is -0.189. The van der Waals surface area contributed by atoms with Crippen molar-refractivity contribution < 1.29 is 4.39 Å². The topological polar surface area (TPSA) is 12.0 Å². The quantitative estimate of drug-likeness (QED) is 0.736. The Morgan fingerprint density at radius 3 is 2.35 bits per heavy atom. The molecule has 1 aromatic rings. The van der Waals surface area contributed by atoms with Crippen LogP contribution < -0.4 is 5.32 Å². The third-order valence-corrected chi connectivity index (χ3v) is 4.27. The molecule has 3 heteroatoms. The lowest BCUT2D eigenvalue weighted by Gasteiger charge is -2.34. The van der Waals surface area contributed by atoms with Crippen molar-refractivity contribution in [3.05, 3.63) is 34.1 Å². The number of hydrogen-bond acceptors (Lipinski definition) is 1. The minimum Gasteiger partial charge on any atom is -0.312 e. The van der Waals surface area contributed by atoms with Gasteiger partial charge < -0.3 is 5.32 Å². The van der Waals surface area contributed by atoms with E-state index in [1.807, 2.05) is 6.07 Å². The van der Waals surface area contributed by atoms with Gasteiger partial charge in [-0.15, -0.1) is 0 Å². The second-order valence-corrected chi connectivity index (χ2v) is 7.93. The first kappa shape index (κ1) is 17.6. The Hall–Kier alpha value is -0.410. The van der Waals surface area contributed by atoms with Crippen LogP contribution >= 0.6 is 15.9 Å². The van der Waals surface area contributed by atoms with Crippen LogP contribution in [0.1, 0.15) is 53.0 Å². The van der Waals surface area contributed by atoms with Crippen LogP contribution in [0.15, 0.2) is 22.7 Å². The highest BCUT2D eigenvalue weighted by molar-refractivity contribution is 9.10. The molecule has 0 spiro atoms. The molecule has 0 bridgehead atoms. The van der Waals surface area contributed by atoms with Crippen LogP contribution in [0.4, 0.5) is 4.39 Å². The Morgan fingerprint density at radius 1 is 1.20 bits per heavy atom. The van der Waals surface area contributed by atoms with Gasteiger partial charge in [-0.1, -0.05) is 42.3 Å². The zero-order valence-corrected chi connectivity index (χ0v) is 14.9. The van der Waals surface area contributed by atoms with Crippen LogP contribution in [0.5, 0.6) is 0 Å². The van der Waals surface area contributed by atoms with E-state index >= 15 is 0 Å². The first-order chi connectivity index (χ1) is 9.15. The Balaban J connectivity index is 2.84. The van der Waals surface area contributed by atoms with E-state index in [9.17, 15) is 4.39 Å². The first-order valence-corrected chi connectivity index (χ1v) is 8.13. The average molecular weight is 344 g/mol. The number of hydrogen-bond donors (Lipinski definition) is 1. The zero-order chi connectivity index (χ0) is 15.4. The van der Waals surface area contributed by atoms with Gasteiger partial charge in [-0.3, -0.25) is 0 Å². The Kier molecular flexibility index (Phi) is 6.21.